The van der Waals surface area contributed by atoms with Gasteiger partial charge in [0.1, 0.15) is 6.54 Å². The van der Waals surface area contributed by atoms with Crippen molar-refractivity contribution in [1.29, 1.82) is 0 Å². The van der Waals surface area contributed by atoms with Crippen molar-refractivity contribution in [2.45, 2.75) is 26.3 Å². The Labute approximate surface area is 142 Å². The molecule has 0 aliphatic heterocycles. The first kappa shape index (κ1) is 16.2. The molecule has 1 N–H and O–H groups in total. The third-order valence-electron chi connectivity index (χ3n) is 3.41. The molecule has 0 aliphatic rings. The van der Waals surface area contributed by atoms with Gasteiger partial charge in [0.15, 0.2) is 0 Å². The van der Waals surface area contributed by atoms with Crippen LogP contribution in [0.15, 0.2) is 51.0 Å². The summed E-state index contributed by atoms with van der Waals surface area (Å²) >= 11 is 1.42. The number of hydrogen-bond donors (Lipinski definition) is 1. The van der Waals surface area contributed by atoms with Gasteiger partial charge in [-0.1, -0.05) is 31.5 Å². The highest BCUT2D eigenvalue weighted by molar-refractivity contribution is 7.13. The van der Waals surface area contributed by atoms with Gasteiger partial charge in [-0.2, -0.15) is 4.68 Å². The van der Waals surface area contributed by atoms with Crippen LogP contribution in [-0.4, -0.2) is 15.7 Å². The van der Waals surface area contributed by atoms with Gasteiger partial charge in [-0.15, -0.1) is 16.4 Å². The van der Waals surface area contributed by atoms with E-state index in [0.717, 1.165) is 22.4 Å². The van der Waals surface area contributed by atoms with Crippen molar-refractivity contribution >= 4 is 22.9 Å². The first-order chi connectivity index (χ1) is 11.7. The van der Waals surface area contributed by atoms with Crippen LogP contribution >= 0.6 is 11.3 Å². The van der Waals surface area contributed by atoms with E-state index in [2.05, 4.69) is 17.3 Å². The molecule has 3 aromatic rings. The number of thiophene rings is 1. The smallest absolute Gasteiger partial charge is 0.387 e. The van der Waals surface area contributed by atoms with E-state index in [0.29, 0.717) is 5.69 Å². The molecule has 1 amide bonds. The maximum Gasteiger partial charge on any atom is 0.437 e. The van der Waals surface area contributed by atoms with Crippen LogP contribution < -0.4 is 11.1 Å². The van der Waals surface area contributed by atoms with Gasteiger partial charge in [-0.3, -0.25) is 4.79 Å². The number of aryl methyl sites for hydroxylation is 1. The van der Waals surface area contributed by atoms with Crippen LogP contribution in [0.4, 0.5) is 5.69 Å². The number of hydrogen-bond acceptors (Lipinski definition) is 5. The molecule has 7 heteroatoms. The fourth-order valence-corrected chi connectivity index (χ4v) is 2.93. The lowest BCUT2D eigenvalue weighted by Crippen LogP contribution is -2.25. The minimum Gasteiger partial charge on any atom is -0.387 e. The van der Waals surface area contributed by atoms with Gasteiger partial charge in [0.25, 0.3) is 5.89 Å². The second-order valence-corrected chi connectivity index (χ2v) is 6.25. The summed E-state index contributed by atoms with van der Waals surface area (Å²) in [6.45, 7) is 1.93. The van der Waals surface area contributed by atoms with Gasteiger partial charge >= 0.3 is 5.76 Å². The van der Waals surface area contributed by atoms with E-state index in [9.17, 15) is 9.59 Å². The third kappa shape index (κ3) is 3.80. The molecular weight excluding hydrogens is 326 g/mol. The van der Waals surface area contributed by atoms with Crippen molar-refractivity contribution in [3.63, 3.8) is 0 Å². The highest BCUT2D eigenvalue weighted by Gasteiger charge is 2.13. The molecule has 0 unspecified atom stereocenters. The molecule has 124 valence electrons. The number of nitrogens with one attached hydrogen (secondary N) is 1. The minimum absolute atomic E-state index is 0.190. The Balaban J connectivity index is 1.65. The quantitative estimate of drug-likeness (QED) is 0.746. The summed E-state index contributed by atoms with van der Waals surface area (Å²) in [5.74, 6) is -0.745. The Hall–Kier alpha value is -2.67. The second-order valence-electron chi connectivity index (χ2n) is 5.30. The fraction of sp³-hybridized carbons (Fsp3) is 0.235. The molecule has 6 nitrogen and oxygen atoms in total. The zero-order valence-electron chi connectivity index (χ0n) is 13.2. The van der Waals surface area contributed by atoms with Crippen molar-refractivity contribution in [1.82, 2.24) is 9.78 Å². The molecule has 0 aliphatic carbocycles. The van der Waals surface area contributed by atoms with E-state index >= 15 is 0 Å². The molecule has 0 atom stereocenters. The molecule has 0 spiro atoms. The van der Waals surface area contributed by atoms with Gasteiger partial charge in [0.05, 0.1) is 4.88 Å². The number of anilines is 1. The van der Waals surface area contributed by atoms with E-state index in [1.807, 2.05) is 35.7 Å². The number of carbonyl (C=O) groups excluding carboxylic acids is 1. The molecule has 0 fully saturated rings. The Morgan fingerprint density at radius 1 is 1.29 bits per heavy atom. The van der Waals surface area contributed by atoms with Crippen molar-refractivity contribution in [3.8, 4) is 10.8 Å². The van der Waals surface area contributed by atoms with Crippen molar-refractivity contribution in [2.24, 2.45) is 0 Å². The van der Waals surface area contributed by atoms with E-state index in [4.69, 9.17) is 4.42 Å². The van der Waals surface area contributed by atoms with Gasteiger partial charge in [-0.25, -0.2) is 4.79 Å². The van der Waals surface area contributed by atoms with Gasteiger partial charge in [0.2, 0.25) is 5.91 Å². The summed E-state index contributed by atoms with van der Waals surface area (Å²) in [6.07, 6.45) is 2.08. The third-order valence-corrected chi connectivity index (χ3v) is 4.27. The summed E-state index contributed by atoms with van der Waals surface area (Å²) in [6, 6.07) is 11.3. The van der Waals surface area contributed by atoms with Crippen molar-refractivity contribution in [3.05, 3.63) is 57.9 Å². The summed E-state index contributed by atoms with van der Waals surface area (Å²) in [4.78, 5) is 24.6. The number of benzene rings is 1. The van der Waals surface area contributed by atoms with E-state index in [-0.39, 0.29) is 18.3 Å². The highest BCUT2D eigenvalue weighted by Crippen LogP contribution is 2.21. The second kappa shape index (κ2) is 7.27. The Bertz CT molecular complexity index is 863. The summed E-state index contributed by atoms with van der Waals surface area (Å²) in [5.41, 5.74) is 1.92. The molecule has 1 aromatic carbocycles. The average Bonchev–Trinajstić information content (AvgIpc) is 3.20. The molecule has 2 heterocycles. The standard InChI is InChI=1S/C17H17N3O3S/c1-2-4-12-6-8-13(9-7-12)18-15(21)11-20-17(22)23-16(19-20)14-5-3-10-24-14/h3,5-10H,2,4,11H2,1H3,(H,18,21). The summed E-state index contributed by atoms with van der Waals surface area (Å²) < 4.78 is 6.10. The van der Waals surface area contributed by atoms with Crippen LogP contribution in [0.25, 0.3) is 10.8 Å². The number of nitrogens with zero attached hydrogens (tertiary/aromatic N) is 2. The largest absolute Gasteiger partial charge is 0.437 e. The molecule has 3 rings (SSSR count). The highest BCUT2D eigenvalue weighted by atomic mass is 32.1. The van der Waals surface area contributed by atoms with Crippen LogP contribution in [0.2, 0.25) is 0 Å². The Kier molecular flexibility index (Phi) is 4.90. The van der Waals surface area contributed by atoms with E-state index in [1.165, 1.54) is 16.9 Å². The SMILES string of the molecule is CCCc1ccc(NC(=O)Cn2nc(-c3cccs3)oc2=O)cc1. The summed E-state index contributed by atoms with van der Waals surface area (Å²) in [5, 5.41) is 8.68. The molecular formula is C17H17N3O3S. The maximum atomic E-state index is 12.1. The van der Waals surface area contributed by atoms with Gasteiger partial charge in [-0.05, 0) is 35.6 Å². The normalized spacial score (nSPS) is 10.7. The van der Waals surface area contributed by atoms with Crippen LogP contribution in [0.1, 0.15) is 18.9 Å². The van der Waals surface area contributed by atoms with E-state index in [1.54, 1.807) is 6.07 Å². The van der Waals surface area contributed by atoms with Crippen LogP contribution in [0.3, 0.4) is 0 Å². The predicted octanol–water partition coefficient (Wildman–Crippen LogP) is 3.16. The van der Waals surface area contributed by atoms with Crippen LogP contribution in [-0.2, 0) is 17.8 Å². The zero-order chi connectivity index (χ0) is 16.9. The van der Waals surface area contributed by atoms with Crippen molar-refractivity contribution in [2.75, 3.05) is 5.32 Å². The summed E-state index contributed by atoms with van der Waals surface area (Å²) in [7, 11) is 0. The van der Waals surface area contributed by atoms with Crippen LogP contribution in [0, 0.1) is 0 Å². The van der Waals surface area contributed by atoms with Gasteiger partial charge < -0.3 is 9.73 Å². The monoisotopic (exact) mass is 343 g/mol. The first-order valence-electron chi connectivity index (χ1n) is 7.66. The number of rotatable bonds is 6. The lowest BCUT2D eigenvalue weighted by atomic mass is 10.1. The lowest BCUT2D eigenvalue weighted by Gasteiger charge is -2.05. The molecule has 0 saturated heterocycles. The fourth-order valence-electron chi connectivity index (χ4n) is 2.29. The predicted molar refractivity (Wildman–Crippen MR) is 93.1 cm³/mol. The first-order valence-corrected chi connectivity index (χ1v) is 8.54. The molecule has 0 bridgehead atoms. The zero-order valence-corrected chi connectivity index (χ0v) is 14.0. The number of aromatic nitrogens is 2. The minimum atomic E-state index is -0.646. The maximum absolute atomic E-state index is 12.1. The van der Waals surface area contributed by atoms with Gasteiger partial charge in [0, 0.05) is 5.69 Å². The Morgan fingerprint density at radius 2 is 2.08 bits per heavy atom. The van der Waals surface area contributed by atoms with E-state index < -0.39 is 5.76 Å². The number of amides is 1. The molecule has 24 heavy (non-hydrogen) atoms. The van der Waals surface area contributed by atoms with Crippen LogP contribution in [0.5, 0.6) is 0 Å². The Morgan fingerprint density at radius 3 is 2.75 bits per heavy atom. The van der Waals surface area contributed by atoms with Crippen molar-refractivity contribution < 1.29 is 9.21 Å². The topological polar surface area (TPSA) is 77.1 Å². The molecule has 2 aromatic heterocycles. The lowest BCUT2D eigenvalue weighted by molar-refractivity contribution is -0.117. The molecule has 0 saturated carbocycles. The average molecular weight is 343 g/mol. The molecule has 0 radical (unpaired) electrons. The number of carbonyl (C=O) groups is 1.